The van der Waals surface area contributed by atoms with Crippen LogP contribution in [0.4, 0.5) is 0 Å². The van der Waals surface area contributed by atoms with Crippen molar-refractivity contribution in [3.8, 4) is 0 Å². The third kappa shape index (κ3) is 2.81. The third-order valence-corrected chi connectivity index (χ3v) is 4.44. The van der Waals surface area contributed by atoms with E-state index in [2.05, 4.69) is 10.2 Å². The van der Waals surface area contributed by atoms with Crippen LogP contribution in [0.2, 0.25) is 10.0 Å². The summed E-state index contributed by atoms with van der Waals surface area (Å²) in [7, 11) is 0. The normalized spacial score (nSPS) is 11.2. The lowest BCUT2D eigenvalue weighted by Gasteiger charge is -2.06. The zero-order valence-corrected chi connectivity index (χ0v) is 14.6. The molecule has 4 aromatic rings. The molecule has 0 N–H and O–H groups in total. The Labute approximate surface area is 156 Å². The number of esters is 1. The molecule has 0 atom stereocenters. The molecule has 4 rings (SSSR count). The molecule has 0 radical (unpaired) electrons. The highest BCUT2D eigenvalue weighted by Crippen LogP contribution is 2.20. The van der Waals surface area contributed by atoms with Gasteiger partial charge in [-0.15, -0.1) is 0 Å². The molecule has 0 bridgehead atoms. The molecule has 9 heteroatoms. The Bertz CT molecular complexity index is 1160. The van der Waals surface area contributed by atoms with Crippen LogP contribution in [0.3, 0.4) is 0 Å². The van der Waals surface area contributed by atoms with Crippen molar-refractivity contribution in [1.29, 1.82) is 0 Å². The second-order valence-electron chi connectivity index (χ2n) is 5.47. The number of benzene rings is 2. The first-order chi connectivity index (χ1) is 12.5. The van der Waals surface area contributed by atoms with Gasteiger partial charge in [0.2, 0.25) is 5.65 Å². The maximum absolute atomic E-state index is 12.4. The molecule has 0 spiro atoms. The van der Waals surface area contributed by atoms with E-state index in [0.717, 1.165) is 0 Å². The van der Waals surface area contributed by atoms with E-state index in [1.54, 1.807) is 36.4 Å². The lowest BCUT2D eigenvalue weighted by molar-refractivity contribution is -0.640. The largest absolute Gasteiger partial charge is 0.594 e. The molecule has 0 fully saturated rings. The van der Waals surface area contributed by atoms with Gasteiger partial charge in [0.1, 0.15) is 17.7 Å². The first kappa shape index (κ1) is 16.6. The van der Waals surface area contributed by atoms with E-state index in [9.17, 15) is 10.0 Å². The van der Waals surface area contributed by atoms with Crippen molar-refractivity contribution in [2.24, 2.45) is 0 Å². The number of fused-ring (bicyclic) bond motifs is 3. The van der Waals surface area contributed by atoms with Crippen LogP contribution >= 0.6 is 23.2 Å². The maximum Gasteiger partial charge on any atom is 0.344 e. The fraction of sp³-hybridized carbons (Fsp3) is 0.0588. The molecular weight excluding hydrogens is 379 g/mol. The first-order valence-electron chi connectivity index (χ1n) is 7.52. The molecule has 0 saturated heterocycles. The molecule has 26 heavy (non-hydrogen) atoms. The minimum atomic E-state index is -0.659. The minimum Gasteiger partial charge on any atom is -0.594 e. The van der Waals surface area contributed by atoms with Gasteiger partial charge in [0, 0.05) is 26.8 Å². The Balaban J connectivity index is 1.72. The number of carbonyl (C=O) groups excluding carboxylic acids is 1. The van der Waals surface area contributed by atoms with Crippen molar-refractivity contribution in [2.75, 3.05) is 0 Å². The Kier molecular flexibility index (Phi) is 4.10. The zero-order valence-electron chi connectivity index (χ0n) is 13.1. The second kappa shape index (κ2) is 6.44. The highest BCUT2D eigenvalue weighted by molar-refractivity contribution is 6.31. The number of hydrogen-bond acceptors (Lipinski definition) is 5. The van der Waals surface area contributed by atoms with Crippen molar-refractivity contribution >= 4 is 45.9 Å². The van der Waals surface area contributed by atoms with E-state index in [4.69, 9.17) is 27.9 Å². The molecule has 0 saturated carbocycles. The minimum absolute atomic E-state index is 0.00731. The van der Waals surface area contributed by atoms with Crippen molar-refractivity contribution in [3.05, 3.63) is 75.0 Å². The van der Waals surface area contributed by atoms with Gasteiger partial charge in [-0.3, -0.25) is 0 Å². The van der Waals surface area contributed by atoms with Gasteiger partial charge in [-0.2, -0.15) is 5.10 Å². The van der Waals surface area contributed by atoms with Crippen LogP contribution in [0.5, 0.6) is 0 Å². The van der Waals surface area contributed by atoms with Crippen LogP contribution in [0.15, 0.2) is 48.7 Å². The average Bonchev–Trinajstić information content (AvgIpc) is 3.04. The molecule has 130 valence electrons. The molecule has 7 nitrogen and oxygen atoms in total. The molecule has 0 aliphatic heterocycles. The predicted octanol–water partition coefficient (Wildman–Crippen LogP) is 3.18. The van der Waals surface area contributed by atoms with Crippen LogP contribution in [-0.4, -0.2) is 20.7 Å². The number of aromatic nitrogens is 4. The standard InChI is InChI=1S/C17H10Cl2N4O3/c18-11-5-6-14-15(7-11)22-16(21-23(14)25)12(8-20-22)17(24)26-9-10-3-1-2-4-13(10)19/h1-8H,9H2. The SMILES string of the molecule is O=C(OCc1ccccc1Cl)c1cnn2c1n[n+]([O-])c1ccc(Cl)cc12. The van der Waals surface area contributed by atoms with Crippen LogP contribution < -0.4 is 4.85 Å². The molecule has 0 aliphatic carbocycles. The number of nitrogens with zero attached hydrogens (tertiary/aromatic N) is 4. The number of halogens is 2. The Morgan fingerprint density at radius 2 is 2.04 bits per heavy atom. The maximum atomic E-state index is 12.4. The quantitative estimate of drug-likeness (QED) is 0.305. The van der Waals surface area contributed by atoms with Crippen molar-refractivity contribution in [1.82, 2.24) is 14.7 Å². The van der Waals surface area contributed by atoms with Crippen LogP contribution in [0.1, 0.15) is 15.9 Å². The van der Waals surface area contributed by atoms with E-state index < -0.39 is 5.97 Å². The predicted molar refractivity (Wildman–Crippen MR) is 95.0 cm³/mol. The fourth-order valence-corrected chi connectivity index (χ4v) is 2.92. The van der Waals surface area contributed by atoms with Gasteiger partial charge in [-0.25, -0.2) is 9.31 Å². The zero-order chi connectivity index (χ0) is 18.3. The Morgan fingerprint density at radius 3 is 2.85 bits per heavy atom. The topological polar surface area (TPSA) is 83.4 Å². The summed E-state index contributed by atoms with van der Waals surface area (Å²) < 4.78 is 6.66. The van der Waals surface area contributed by atoms with Crippen molar-refractivity contribution < 1.29 is 14.4 Å². The number of rotatable bonds is 3. The summed E-state index contributed by atoms with van der Waals surface area (Å²) in [6, 6.07) is 11.7. The number of hydrogen-bond donors (Lipinski definition) is 0. The molecule has 2 aromatic heterocycles. The summed E-state index contributed by atoms with van der Waals surface area (Å²) >= 11 is 12.0. The molecule has 0 unspecified atom stereocenters. The summed E-state index contributed by atoms with van der Waals surface area (Å²) in [4.78, 5) is 12.8. The van der Waals surface area contributed by atoms with Gasteiger partial charge in [0.25, 0.3) is 5.52 Å². The van der Waals surface area contributed by atoms with Gasteiger partial charge >= 0.3 is 5.97 Å². The Morgan fingerprint density at radius 1 is 1.23 bits per heavy atom. The Hall–Kier alpha value is -2.90. The van der Waals surface area contributed by atoms with Gasteiger partial charge < -0.3 is 9.94 Å². The summed E-state index contributed by atoms with van der Waals surface area (Å²) in [6.07, 6.45) is 1.30. The highest BCUT2D eigenvalue weighted by Gasteiger charge is 2.22. The van der Waals surface area contributed by atoms with Crippen LogP contribution in [-0.2, 0) is 11.3 Å². The van der Waals surface area contributed by atoms with Gasteiger partial charge in [0.05, 0.1) is 6.20 Å². The lowest BCUT2D eigenvalue weighted by Crippen LogP contribution is -2.33. The van der Waals surface area contributed by atoms with Gasteiger partial charge in [0.15, 0.2) is 0 Å². The molecule has 2 heterocycles. The third-order valence-electron chi connectivity index (χ3n) is 3.84. The van der Waals surface area contributed by atoms with E-state index in [1.165, 1.54) is 16.8 Å². The molecule has 2 aromatic carbocycles. The van der Waals surface area contributed by atoms with Crippen LogP contribution in [0.25, 0.3) is 16.7 Å². The molecular formula is C17H10Cl2N4O3. The highest BCUT2D eigenvalue weighted by atomic mass is 35.5. The second-order valence-corrected chi connectivity index (χ2v) is 6.31. The smallest absolute Gasteiger partial charge is 0.344 e. The summed E-state index contributed by atoms with van der Waals surface area (Å²) in [5, 5.41) is 21.1. The summed E-state index contributed by atoms with van der Waals surface area (Å²) in [6.45, 7) is -0.00731. The van der Waals surface area contributed by atoms with E-state index in [-0.39, 0.29) is 23.3 Å². The van der Waals surface area contributed by atoms with Gasteiger partial charge in [-0.1, -0.05) is 41.4 Å². The number of carbonyl (C=O) groups is 1. The number of ether oxygens (including phenoxy) is 1. The van der Waals surface area contributed by atoms with E-state index >= 15 is 0 Å². The monoisotopic (exact) mass is 388 g/mol. The first-order valence-corrected chi connectivity index (χ1v) is 8.27. The van der Waals surface area contributed by atoms with Gasteiger partial charge in [-0.05, 0) is 23.0 Å². The van der Waals surface area contributed by atoms with Crippen LogP contribution in [0, 0.1) is 5.21 Å². The van der Waals surface area contributed by atoms with Crippen molar-refractivity contribution in [2.45, 2.75) is 6.61 Å². The summed E-state index contributed by atoms with van der Waals surface area (Å²) in [5.74, 6) is -0.659. The summed E-state index contributed by atoms with van der Waals surface area (Å²) in [5.41, 5.74) is 1.54. The van der Waals surface area contributed by atoms with Crippen molar-refractivity contribution in [3.63, 3.8) is 0 Å². The van der Waals surface area contributed by atoms with E-state index in [1.807, 2.05) is 0 Å². The van der Waals surface area contributed by atoms with E-state index in [0.29, 0.717) is 26.0 Å². The average molecular weight is 389 g/mol. The lowest BCUT2D eigenvalue weighted by atomic mass is 10.2. The molecule has 0 aliphatic rings. The fourth-order valence-electron chi connectivity index (χ4n) is 2.56. The molecule has 0 amide bonds.